The molecule has 1 aromatic heterocycles. The van der Waals surface area contributed by atoms with Crippen molar-refractivity contribution < 1.29 is 19.0 Å². The van der Waals surface area contributed by atoms with E-state index in [2.05, 4.69) is 4.98 Å². The van der Waals surface area contributed by atoms with E-state index in [1.54, 1.807) is 14.0 Å². The maximum absolute atomic E-state index is 13.4. The highest BCUT2D eigenvalue weighted by atomic mass is 16.5. The second kappa shape index (κ2) is 12.5. The predicted octanol–water partition coefficient (Wildman–Crippen LogP) is 1.51. The van der Waals surface area contributed by atoms with E-state index in [-0.39, 0.29) is 37.3 Å². The van der Waals surface area contributed by atoms with Gasteiger partial charge in [-0.05, 0) is 38.2 Å². The number of benzene rings is 1. The second-order valence-corrected chi connectivity index (χ2v) is 8.37. The predicted molar refractivity (Wildman–Crippen MR) is 129 cm³/mol. The molecule has 1 amide bonds. The van der Waals surface area contributed by atoms with Crippen LogP contribution in [0.4, 0.5) is 11.5 Å². The normalized spacial score (nSPS) is 16.8. The van der Waals surface area contributed by atoms with Gasteiger partial charge in [-0.2, -0.15) is 0 Å². The molecule has 0 saturated carbocycles. The zero-order valence-corrected chi connectivity index (χ0v) is 19.8. The molecule has 2 atom stereocenters. The number of nitrogen functional groups attached to an aromatic ring is 1. The van der Waals surface area contributed by atoms with Crippen molar-refractivity contribution >= 4 is 17.4 Å². The summed E-state index contributed by atoms with van der Waals surface area (Å²) in [4.78, 5) is 42.4. The molecule has 2 unspecified atom stereocenters. The molecule has 34 heavy (non-hydrogen) atoms. The van der Waals surface area contributed by atoms with Crippen molar-refractivity contribution in [3.05, 3.63) is 56.7 Å². The summed E-state index contributed by atoms with van der Waals surface area (Å²) >= 11 is 0. The zero-order valence-electron chi connectivity index (χ0n) is 19.8. The van der Waals surface area contributed by atoms with Gasteiger partial charge in [-0.3, -0.25) is 19.1 Å². The summed E-state index contributed by atoms with van der Waals surface area (Å²) in [5.74, 6) is -0.500. The van der Waals surface area contributed by atoms with Gasteiger partial charge in [-0.15, -0.1) is 0 Å². The van der Waals surface area contributed by atoms with Crippen LogP contribution in [0.3, 0.4) is 0 Å². The number of H-pyrrole nitrogens is 1. The van der Waals surface area contributed by atoms with Gasteiger partial charge in [0.15, 0.2) is 5.69 Å². The second-order valence-electron chi connectivity index (χ2n) is 8.37. The summed E-state index contributed by atoms with van der Waals surface area (Å²) in [6.45, 7) is 3.33. The topological polar surface area (TPSA) is 129 Å². The summed E-state index contributed by atoms with van der Waals surface area (Å²) in [5, 5.41) is 0. The first-order chi connectivity index (χ1) is 16.4. The van der Waals surface area contributed by atoms with Crippen LogP contribution in [0.15, 0.2) is 39.9 Å². The number of nitrogens with two attached hydrogens (primary N) is 1. The molecule has 0 aliphatic carbocycles. The highest BCUT2D eigenvalue weighted by molar-refractivity contribution is 5.98. The van der Waals surface area contributed by atoms with Crippen LogP contribution < -0.4 is 21.9 Å². The molecule has 10 nitrogen and oxygen atoms in total. The number of carbonyl (C=O) groups is 1. The number of nitrogens with zero attached hydrogens (tertiary/aromatic N) is 2. The van der Waals surface area contributed by atoms with Crippen molar-refractivity contribution in [2.45, 2.75) is 51.4 Å². The Labute approximate surface area is 198 Å². The quantitative estimate of drug-likeness (QED) is 0.472. The Hall–Kier alpha value is -2.95. The first kappa shape index (κ1) is 25.7. The lowest BCUT2D eigenvalue weighted by Crippen LogP contribution is -2.46. The molecule has 1 fully saturated rings. The summed E-state index contributed by atoms with van der Waals surface area (Å²) in [7, 11) is 1.56. The lowest BCUT2D eigenvalue weighted by molar-refractivity contribution is -0.132. The van der Waals surface area contributed by atoms with Gasteiger partial charge >= 0.3 is 5.69 Å². The van der Waals surface area contributed by atoms with Gasteiger partial charge in [-0.1, -0.05) is 30.3 Å². The number of amides is 1. The van der Waals surface area contributed by atoms with E-state index in [0.29, 0.717) is 19.6 Å². The largest absolute Gasteiger partial charge is 0.385 e. The van der Waals surface area contributed by atoms with Crippen LogP contribution in [-0.2, 0) is 25.5 Å². The Morgan fingerprint density at radius 2 is 2.06 bits per heavy atom. The van der Waals surface area contributed by atoms with Crippen LogP contribution in [-0.4, -0.2) is 61.1 Å². The lowest BCUT2D eigenvalue weighted by Gasteiger charge is -2.28. The van der Waals surface area contributed by atoms with E-state index in [9.17, 15) is 14.4 Å². The summed E-state index contributed by atoms with van der Waals surface area (Å²) in [5.41, 5.74) is 5.72. The highest BCUT2D eigenvalue weighted by Crippen LogP contribution is 2.20. The monoisotopic (exact) mass is 474 g/mol. The number of anilines is 2. The molecular formula is C24H34N4O6. The fraction of sp³-hybridized carbons (Fsp3) is 0.542. The highest BCUT2D eigenvalue weighted by Gasteiger charge is 2.29. The van der Waals surface area contributed by atoms with Crippen molar-refractivity contribution in [1.29, 1.82) is 0 Å². The average molecular weight is 475 g/mol. The van der Waals surface area contributed by atoms with Crippen LogP contribution in [0.25, 0.3) is 0 Å². The Balaban J connectivity index is 1.87. The lowest BCUT2D eigenvalue weighted by atomic mass is 10.1. The Kier molecular flexibility index (Phi) is 9.43. The molecule has 0 radical (unpaired) electrons. The first-order valence-corrected chi connectivity index (χ1v) is 11.6. The number of methoxy groups -OCH3 is 1. The number of hydrogen-bond acceptors (Lipinski definition) is 7. The maximum Gasteiger partial charge on any atom is 0.330 e. The van der Waals surface area contributed by atoms with E-state index < -0.39 is 23.3 Å². The van der Waals surface area contributed by atoms with Crippen LogP contribution in [0.1, 0.15) is 38.2 Å². The third kappa shape index (κ3) is 6.55. The first-order valence-electron chi connectivity index (χ1n) is 11.6. The fourth-order valence-corrected chi connectivity index (χ4v) is 3.94. The number of carbonyl (C=O) groups excluding carboxylic acids is 1. The Bertz CT molecular complexity index is 1050. The summed E-state index contributed by atoms with van der Waals surface area (Å²) in [6.07, 6.45) is 2.56. The van der Waals surface area contributed by atoms with Crippen LogP contribution >= 0.6 is 0 Å². The van der Waals surface area contributed by atoms with E-state index >= 15 is 0 Å². The van der Waals surface area contributed by atoms with E-state index in [0.717, 1.165) is 24.8 Å². The van der Waals surface area contributed by atoms with E-state index in [4.69, 9.17) is 19.9 Å². The molecule has 1 saturated heterocycles. The van der Waals surface area contributed by atoms with Gasteiger partial charge in [0, 0.05) is 26.9 Å². The van der Waals surface area contributed by atoms with Crippen molar-refractivity contribution in [3.63, 3.8) is 0 Å². The van der Waals surface area contributed by atoms with Crippen molar-refractivity contribution in [2.75, 3.05) is 44.1 Å². The number of hydrogen-bond donors (Lipinski definition) is 2. The van der Waals surface area contributed by atoms with E-state index in [1.807, 2.05) is 30.3 Å². The molecule has 2 heterocycles. The molecular weight excluding hydrogens is 440 g/mol. The van der Waals surface area contributed by atoms with Crippen LogP contribution in [0.5, 0.6) is 0 Å². The molecule has 2 aromatic rings. The average Bonchev–Trinajstić information content (AvgIpc) is 2.85. The van der Waals surface area contributed by atoms with Gasteiger partial charge in [0.2, 0.25) is 0 Å². The van der Waals surface area contributed by atoms with Crippen LogP contribution in [0, 0.1) is 0 Å². The molecule has 10 heteroatoms. The minimum atomic E-state index is -0.832. The Morgan fingerprint density at radius 3 is 2.74 bits per heavy atom. The number of aromatic nitrogens is 2. The Morgan fingerprint density at radius 1 is 1.29 bits per heavy atom. The van der Waals surface area contributed by atoms with Crippen molar-refractivity contribution in [1.82, 2.24) is 9.55 Å². The fourth-order valence-electron chi connectivity index (χ4n) is 3.94. The van der Waals surface area contributed by atoms with Crippen LogP contribution in [0.2, 0.25) is 0 Å². The molecule has 1 aromatic carbocycles. The number of ether oxygens (including phenoxy) is 3. The smallest absolute Gasteiger partial charge is 0.330 e. The standard InChI is InChI=1S/C24H34N4O6/c1-17(34-16-19-11-6-7-14-33-19)23(30)27(12-8-13-32-2)20-21(25)28(24(31)26-22(20)29)15-18-9-4-3-5-10-18/h3-5,9-10,17,19H,6-8,11-16,25H2,1-2H3,(H,26,29,31). The SMILES string of the molecule is COCCCN(C(=O)C(C)OCC1CCCCO1)c1c(N)n(Cc2ccccc2)c(=O)[nH]c1=O. The van der Waals surface area contributed by atoms with Gasteiger partial charge < -0.3 is 24.8 Å². The van der Waals surface area contributed by atoms with Crippen molar-refractivity contribution in [3.8, 4) is 0 Å². The zero-order chi connectivity index (χ0) is 24.5. The minimum Gasteiger partial charge on any atom is -0.385 e. The molecule has 1 aliphatic rings. The summed E-state index contributed by atoms with van der Waals surface area (Å²) < 4.78 is 17.9. The van der Waals surface area contributed by atoms with E-state index in [1.165, 1.54) is 9.47 Å². The molecule has 3 rings (SSSR count). The molecule has 186 valence electrons. The minimum absolute atomic E-state index is 0.0489. The molecule has 1 aliphatic heterocycles. The maximum atomic E-state index is 13.4. The molecule has 0 spiro atoms. The van der Waals surface area contributed by atoms with Gasteiger partial charge in [0.1, 0.15) is 11.9 Å². The number of rotatable bonds is 11. The summed E-state index contributed by atoms with van der Waals surface area (Å²) in [6, 6.07) is 9.25. The van der Waals surface area contributed by atoms with Crippen molar-refractivity contribution in [2.24, 2.45) is 0 Å². The van der Waals surface area contributed by atoms with Gasteiger partial charge in [0.05, 0.1) is 19.3 Å². The van der Waals surface area contributed by atoms with Gasteiger partial charge in [-0.25, -0.2) is 4.79 Å². The molecule has 0 bridgehead atoms. The number of aromatic amines is 1. The van der Waals surface area contributed by atoms with Gasteiger partial charge in [0.25, 0.3) is 11.5 Å². The third-order valence-corrected chi connectivity index (χ3v) is 5.82. The third-order valence-electron chi connectivity index (χ3n) is 5.82. The number of nitrogens with one attached hydrogen (secondary N) is 1. The molecule has 3 N–H and O–H groups in total.